The van der Waals surface area contributed by atoms with E-state index in [1.807, 2.05) is 0 Å². The summed E-state index contributed by atoms with van der Waals surface area (Å²) in [5.74, 6) is -0.239. The topological polar surface area (TPSA) is 92.7 Å². The number of nitrogens with one attached hydrogen (secondary N) is 1. The highest BCUT2D eigenvalue weighted by molar-refractivity contribution is 7.90. The molecular weight excluding hydrogens is 306 g/mol. The van der Waals surface area contributed by atoms with E-state index >= 15 is 0 Å². The first-order valence-corrected chi connectivity index (χ1v) is 8.26. The van der Waals surface area contributed by atoms with E-state index in [0.29, 0.717) is 0 Å². The number of carbonyl (C=O) groups is 1. The Kier molecular flexibility index (Phi) is 4.67. The molecule has 0 spiro atoms. The maximum Gasteiger partial charge on any atom is 0.262 e. The van der Waals surface area contributed by atoms with Crippen molar-refractivity contribution >= 4 is 21.4 Å². The average Bonchev–Trinajstić information content (AvgIpc) is 2.47. The standard InChI is InChI=1S/C15H15NO5S/c1-22(19,20)12-6-4-5-11(9-12)21-10-15(18)16-13-7-2-3-8-14(13)17/h2-9,17H,10H2,1H3,(H,16,18). The highest BCUT2D eigenvalue weighted by Crippen LogP contribution is 2.21. The molecule has 2 aromatic rings. The van der Waals surface area contributed by atoms with Crippen molar-refractivity contribution in [2.75, 3.05) is 18.2 Å². The smallest absolute Gasteiger partial charge is 0.262 e. The number of benzene rings is 2. The largest absolute Gasteiger partial charge is 0.506 e. The van der Waals surface area contributed by atoms with Crippen LogP contribution in [0.4, 0.5) is 5.69 Å². The van der Waals surface area contributed by atoms with Gasteiger partial charge in [0.1, 0.15) is 11.5 Å². The van der Waals surface area contributed by atoms with Gasteiger partial charge in [0, 0.05) is 6.26 Å². The van der Waals surface area contributed by atoms with Crippen molar-refractivity contribution < 1.29 is 23.1 Å². The molecule has 1 amide bonds. The van der Waals surface area contributed by atoms with Crippen molar-refractivity contribution in [3.05, 3.63) is 48.5 Å². The molecule has 2 N–H and O–H groups in total. The van der Waals surface area contributed by atoms with Crippen LogP contribution in [-0.2, 0) is 14.6 Å². The predicted octanol–water partition coefficient (Wildman–Crippen LogP) is 1.81. The molecule has 2 aromatic carbocycles. The van der Waals surface area contributed by atoms with E-state index in [1.165, 1.54) is 24.3 Å². The second-order valence-electron chi connectivity index (χ2n) is 4.60. The third-order valence-electron chi connectivity index (χ3n) is 2.78. The Bertz CT molecular complexity index is 786. The van der Waals surface area contributed by atoms with Crippen LogP contribution in [-0.4, -0.2) is 32.3 Å². The summed E-state index contributed by atoms with van der Waals surface area (Å²) in [5, 5.41) is 12.0. The zero-order valence-corrected chi connectivity index (χ0v) is 12.6. The van der Waals surface area contributed by atoms with Crippen LogP contribution >= 0.6 is 0 Å². The van der Waals surface area contributed by atoms with E-state index in [-0.39, 0.29) is 28.7 Å². The van der Waals surface area contributed by atoms with Crippen molar-refractivity contribution in [1.82, 2.24) is 0 Å². The summed E-state index contributed by atoms with van der Waals surface area (Å²) in [6.45, 7) is -0.304. The van der Waals surface area contributed by atoms with Gasteiger partial charge in [0.25, 0.3) is 5.91 Å². The number of para-hydroxylation sites is 2. The van der Waals surface area contributed by atoms with Crippen molar-refractivity contribution in [2.24, 2.45) is 0 Å². The summed E-state index contributed by atoms with van der Waals surface area (Å²) in [6.07, 6.45) is 1.09. The Hall–Kier alpha value is -2.54. The predicted molar refractivity (Wildman–Crippen MR) is 81.8 cm³/mol. The number of aromatic hydroxyl groups is 1. The number of carbonyl (C=O) groups excluding carboxylic acids is 1. The number of phenolic OH excluding ortho intramolecular Hbond substituents is 1. The molecule has 0 aliphatic carbocycles. The molecule has 7 heteroatoms. The average molecular weight is 321 g/mol. The highest BCUT2D eigenvalue weighted by atomic mass is 32.2. The van der Waals surface area contributed by atoms with Crippen LogP contribution in [0.1, 0.15) is 0 Å². The Balaban J connectivity index is 1.99. The molecule has 22 heavy (non-hydrogen) atoms. The summed E-state index contributed by atoms with van der Waals surface area (Å²) in [4.78, 5) is 11.9. The minimum Gasteiger partial charge on any atom is -0.506 e. The molecular formula is C15H15NO5S. The molecule has 6 nitrogen and oxygen atoms in total. The summed E-state index contributed by atoms with van der Waals surface area (Å²) >= 11 is 0. The number of hydrogen-bond donors (Lipinski definition) is 2. The fourth-order valence-electron chi connectivity index (χ4n) is 1.71. The number of phenols is 1. The lowest BCUT2D eigenvalue weighted by Gasteiger charge is -2.09. The number of rotatable bonds is 5. The zero-order valence-electron chi connectivity index (χ0n) is 11.8. The van der Waals surface area contributed by atoms with Gasteiger partial charge in [-0.1, -0.05) is 18.2 Å². The van der Waals surface area contributed by atoms with Gasteiger partial charge in [-0.05, 0) is 30.3 Å². The van der Waals surface area contributed by atoms with Crippen LogP contribution in [0.2, 0.25) is 0 Å². The van der Waals surface area contributed by atoms with Gasteiger partial charge in [0.05, 0.1) is 10.6 Å². The minimum atomic E-state index is -3.33. The lowest BCUT2D eigenvalue weighted by atomic mass is 10.3. The lowest BCUT2D eigenvalue weighted by Crippen LogP contribution is -2.20. The maximum atomic E-state index is 11.8. The highest BCUT2D eigenvalue weighted by Gasteiger charge is 2.10. The van der Waals surface area contributed by atoms with Crippen LogP contribution in [0, 0.1) is 0 Å². The van der Waals surface area contributed by atoms with Crippen molar-refractivity contribution in [3.63, 3.8) is 0 Å². The van der Waals surface area contributed by atoms with Gasteiger partial charge in [-0.25, -0.2) is 8.42 Å². The van der Waals surface area contributed by atoms with Gasteiger partial charge in [-0.2, -0.15) is 0 Å². The van der Waals surface area contributed by atoms with Gasteiger partial charge in [-0.3, -0.25) is 4.79 Å². The van der Waals surface area contributed by atoms with E-state index < -0.39 is 15.7 Å². The molecule has 0 aliphatic rings. The van der Waals surface area contributed by atoms with Gasteiger partial charge >= 0.3 is 0 Å². The summed E-state index contributed by atoms with van der Waals surface area (Å²) in [6, 6.07) is 12.2. The molecule has 0 bridgehead atoms. The van der Waals surface area contributed by atoms with Crippen LogP contribution < -0.4 is 10.1 Å². The monoisotopic (exact) mass is 321 g/mol. The first-order valence-electron chi connectivity index (χ1n) is 6.37. The first kappa shape index (κ1) is 15.8. The molecule has 0 unspecified atom stereocenters. The molecule has 0 aliphatic heterocycles. The van der Waals surface area contributed by atoms with Crippen molar-refractivity contribution in [2.45, 2.75) is 4.90 Å². The Morgan fingerprint density at radius 2 is 1.91 bits per heavy atom. The van der Waals surface area contributed by atoms with Crippen LogP contribution in [0.15, 0.2) is 53.4 Å². The fourth-order valence-corrected chi connectivity index (χ4v) is 2.37. The van der Waals surface area contributed by atoms with Crippen LogP contribution in [0.25, 0.3) is 0 Å². The lowest BCUT2D eigenvalue weighted by molar-refractivity contribution is -0.118. The molecule has 0 atom stereocenters. The normalized spacial score (nSPS) is 11.0. The van der Waals surface area contributed by atoms with E-state index in [4.69, 9.17) is 4.74 Å². The molecule has 116 valence electrons. The number of anilines is 1. The van der Waals surface area contributed by atoms with E-state index in [0.717, 1.165) is 6.26 Å². The molecule has 0 fully saturated rings. The Morgan fingerprint density at radius 1 is 1.18 bits per heavy atom. The summed E-state index contributed by atoms with van der Waals surface area (Å²) < 4.78 is 28.1. The second-order valence-corrected chi connectivity index (χ2v) is 6.62. The number of ether oxygens (including phenoxy) is 1. The summed E-state index contributed by atoms with van der Waals surface area (Å²) in [7, 11) is -3.33. The zero-order chi connectivity index (χ0) is 16.2. The van der Waals surface area contributed by atoms with Gasteiger partial charge < -0.3 is 15.2 Å². The molecule has 0 aromatic heterocycles. The number of sulfone groups is 1. The quantitative estimate of drug-likeness (QED) is 0.819. The minimum absolute atomic E-state index is 0.0464. The SMILES string of the molecule is CS(=O)(=O)c1cccc(OCC(=O)Nc2ccccc2O)c1. The van der Waals surface area contributed by atoms with E-state index in [2.05, 4.69) is 5.32 Å². The van der Waals surface area contributed by atoms with Crippen molar-refractivity contribution in [3.8, 4) is 11.5 Å². The first-order chi connectivity index (χ1) is 10.4. The second kappa shape index (κ2) is 6.48. The number of amides is 1. The van der Waals surface area contributed by atoms with Gasteiger partial charge in [-0.15, -0.1) is 0 Å². The molecule has 0 saturated heterocycles. The van der Waals surface area contributed by atoms with E-state index in [9.17, 15) is 18.3 Å². The van der Waals surface area contributed by atoms with Crippen LogP contribution in [0.3, 0.4) is 0 Å². The third-order valence-corrected chi connectivity index (χ3v) is 3.89. The fraction of sp³-hybridized carbons (Fsp3) is 0.133. The Labute approximate surface area is 128 Å². The third kappa shape index (κ3) is 4.23. The molecule has 0 radical (unpaired) electrons. The molecule has 2 rings (SSSR count). The van der Waals surface area contributed by atoms with Gasteiger partial charge in [0.2, 0.25) is 0 Å². The Morgan fingerprint density at radius 3 is 2.59 bits per heavy atom. The maximum absolute atomic E-state index is 11.8. The van der Waals surface area contributed by atoms with Gasteiger partial charge in [0.15, 0.2) is 16.4 Å². The molecule has 0 heterocycles. The summed E-state index contributed by atoms with van der Waals surface area (Å²) in [5.41, 5.74) is 0.279. The molecule has 0 saturated carbocycles. The van der Waals surface area contributed by atoms with E-state index in [1.54, 1.807) is 24.3 Å². The van der Waals surface area contributed by atoms with Crippen molar-refractivity contribution in [1.29, 1.82) is 0 Å². The number of hydrogen-bond acceptors (Lipinski definition) is 5. The van der Waals surface area contributed by atoms with Crippen LogP contribution in [0.5, 0.6) is 11.5 Å².